The van der Waals surface area contributed by atoms with Gasteiger partial charge >= 0.3 is 0 Å². The van der Waals surface area contributed by atoms with E-state index < -0.39 is 5.91 Å². The lowest BCUT2D eigenvalue weighted by Gasteiger charge is -2.22. The Morgan fingerprint density at radius 2 is 1.76 bits per heavy atom. The fraction of sp³-hybridized carbons (Fsp3) is 0.208. The van der Waals surface area contributed by atoms with Gasteiger partial charge in [0.1, 0.15) is 18.3 Å². The quantitative estimate of drug-likeness (QED) is 0.469. The zero-order valence-corrected chi connectivity index (χ0v) is 18.4. The first-order valence-corrected chi connectivity index (χ1v) is 10.5. The zero-order valence-electron chi connectivity index (χ0n) is 18.4. The molecule has 9 nitrogen and oxygen atoms in total. The highest BCUT2D eigenvalue weighted by Crippen LogP contribution is 2.18. The van der Waals surface area contributed by atoms with Gasteiger partial charge in [-0.25, -0.2) is 9.67 Å². The average molecular weight is 444 g/mol. The van der Waals surface area contributed by atoms with Gasteiger partial charge in [-0.2, -0.15) is 5.10 Å². The van der Waals surface area contributed by atoms with E-state index in [2.05, 4.69) is 16.1 Å². The van der Waals surface area contributed by atoms with Crippen LogP contribution in [0.4, 0.5) is 5.69 Å². The van der Waals surface area contributed by atoms with Crippen molar-refractivity contribution in [1.82, 2.24) is 19.3 Å². The number of nitrogens with zero attached hydrogens (tertiary/aromatic N) is 5. The minimum atomic E-state index is -0.511. The van der Waals surface area contributed by atoms with Gasteiger partial charge in [-0.3, -0.25) is 19.0 Å². The normalized spacial score (nSPS) is 11.0. The van der Waals surface area contributed by atoms with Crippen LogP contribution in [-0.2, 0) is 16.1 Å². The molecule has 2 aromatic heterocycles. The summed E-state index contributed by atoms with van der Waals surface area (Å²) in [4.78, 5) is 43.3. The monoisotopic (exact) mass is 444 g/mol. The summed E-state index contributed by atoms with van der Waals surface area (Å²) in [5, 5.41) is 4.67. The third-order valence-corrected chi connectivity index (χ3v) is 5.26. The minimum absolute atomic E-state index is 0.00942. The molecule has 168 valence electrons. The molecule has 0 aliphatic heterocycles. The lowest BCUT2D eigenvalue weighted by Crippen LogP contribution is -2.38. The van der Waals surface area contributed by atoms with Crippen molar-refractivity contribution in [2.75, 3.05) is 11.4 Å². The van der Waals surface area contributed by atoms with E-state index >= 15 is 0 Å². The third-order valence-electron chi connectivity index (χ3n) is 5.26. The highest BCUT2D eigenvalue weighted by molar-refractivity contribution is 5.94. The van der Waals surface area contributed by atoms with Crippen LogP contribution in [0, 0.1) is 13.8 Å². The first kappa shape index (κ1) is 21.9. The summed E-state index contributed by atoms with van der Waals surface area (Å²) < 4.78 is 2.87. The van der Waals surface area contributed by atoms with Gasteiger partial charge in [0.05, 0.1) is 11.9 Å². The largest absolute Gasteiger partial charge is 0.370 e. The number of carbonyl (C=O) groups excluding carboxylic acids is 2. The van der Waals surface area contributed by atoms with Crippen molar-refractivity contribution in [3.05, 3.63) is 82.5 Å². The zero-order chi connectivity index (χ0) is 23.5. The second-order valence-electron chi connectivity index (χ2n) is 7.91. The van der Waals surface area contributed by atoms with Crippen LogP contribution in [0.2, 0.25) is 0 Å². The lowest BCUT2D eigenvalue weighted by atomic mass is 10.1. The second-order valence-corrected chi connectivity index (χ2v) is 7.91. The number of hydrogen-bond acceptors (Lipinski definition) is 5. The third kappa shape index (κ3) is 4.67. The minimum Gasteiger partial charge on any atom is -0.370 e. The number of fused-ring (bicyclic) bond motifs is 1. The van der Waals surface area contributed by atoms with E-state index in [4.69, 9.17) is 5.73 Å². The Kier molecular flexibility index (Phi) is 6.03. The molecular weight excluding hydrogens is 420 g/mol. The van der Waals surface area contributed by atoms with Gasteiger partial charge in [0.2, 0.25) is 11.8 Å². The highest BCUT2D eigenvalue weighted by Gasteiger charge is 2.19. The Hall–Kier alpha value is -4.27. The molecule has 0 atom stereocenters. The lowest BCUT2D eigenvalue weighted by molar-refractivity contribution is -0.119. The maximum absolute atomic E-state index is 13.1. The molecule has 33 heavy (non-hydrogen) atoms. The number of primary amides is 1. The van der Waals surface area contributed by atoms with Crippen LogP contribution >= 0.6 is 0 Å². The molecule has 0 fully saturated rings. The highest BCUT2D eigenvalue weighted by atomic mass is 16.2. The van der Waals surface area contributed by atoms with Crippen molar-refractivity contribution in [3.63, 3.8) is 0 Å². The number of aryl methyl sites for hydroxylation is 2. The molecule has 4 aromatic rings. The van der Waals surface area contributed by atoms with E-state index in [-0.39, 0.29) is 31.0 Å². The molecule has 4 rings (SSSR count). The van der Waals surface area contributed by atoms with Crippen LogP contribution < -0.4 is 16.2 Å². The van der Waals surface area contributed by atoms with E-state index in [0.717, 1.165) is 16.8 Å². The van der Waals surface area contributed by atoms with Crippen molar-refractivity contribution in [2.24, 2.45) is 5.73 Å². The van der Waals surface area contributed by atoms with Crippen molar-refractivity contribution in [2.45, 2.75) is 26.8 Å². The molecule has 0 aliphatic rings. The predicted octanol–water partition coefficient (Wildman–Crippen LogP) is 2.11. The Labute approximate surface area is 190 Å². The van der Waals surface area contributed by atoms with Gasteiger partial charge in [-0.15, -0.1) is 0 Å². The van der Waals surface area contributed by atoms with Gasteiger partial charge in [0, 0.05) is 18.7 Å². The van der Waals surface area contributed by atoms with Gasteiger partial charge < -0.3 is 10.6 Å². The smallest absolute Gasteiger partial charge is 0.264 e. The fourth-order valence-electron chi connectivity index (χ4n) is 3.78. The van der Waals surface area contributed by atoms with Gasteiger partial charge in [-0.05, 0) is 49.2 Å². The molecule has 0 aliphatic carbocycles. The molecular formula is C24H24N6O3. The van der Waals surface area contributed by atoms with E-state index in [1.54, 1.807) is 28.9 Å². The summed E-state index contributed by atoms with van der Waals surface area (Å²) in [6.45, 7) is 3.87. The molecule has 0 saturated heterocycles. The number of nitrogens with two attached hydrogens (primary N) is 1. The summed E-state index contributed by atoms with van der Waals surface area (Å²) in [6, 6.07) is 14.9. The molecule has 0 saturated carbocycles. The number of hydrogen-bond donors (Lipinski definition) is 1. The molecule has 0 spiro atoms. The number of aromatic nitrogens is 4. The summed E-state index contributed by atoms with van der Waals surface area (Å²) in [5.74, 6) is -0.866. The van der Waals surface area contributed by atoms with Gasteiger partial charge in [0.25, 0.3) is 5.56 Å². The second kappa shape index (κ2) is 9.07. The van der Waals surface area contributed by atoms with Crippen LogP contribution in [0.5, 0.6) is 0 Å². The van der Waals surface area contributed by atoms with E-state index in [0.29, 0.717) is 16.7 Å². The Bertz CT molecular complexity index is 1370. The Morgan fingerprint density at radius 1 is 1.06 bits per heavy atom. The molecule has 2 aromatic carbocycles. The van der Waals surface area contributed by atoms with Crippen LogP contribution in [0.15, 0.2) is 65.8 Å². The van der Waals surface area contributed by atoms with Crippen molar-refractivity contribution < 1.29 is 9.59 Å². The number of carbonyl (C=O) groups is 2. The summed E-state index contributed by atoms with van der Waals surface area (Å²) in [7, 11) is 0. The fourth-order valence-corrected chi connectivity index (χ4v) is 3.78. The molecule has 0 radical (unpaired) electrons. The van der Waals surface area contributed by atoms with E-state index in [9.17, 15) is 14.4 Å². The van der Waals surface area contributed by atoms with Crippen molar-refractivity contribution in [3.8, 4) is 5.69 Å². The summed E-state index contributed by atoms with van der Waals surface area (Å²) >= 11 is 0. The first-order chi connectivity index (χ1) is 15.8. The average Bonchev–Trinajstić information content (AvgIpc) is 3.21. The van der Waals surface area contributed by atoms with Gasteiger partial charge in [0.15, 0.2) is 5.65 Å². The Balaban J connectivity index is 1.65. The Morgan fingerprint density at radius 3 is 2.42 bits per heavy atom. The van der Waals surface area contributed by atoms with Crippen molar-refractivity contribution >= 4 is 28.5 Å². The molecule has 2 heterocycles. The SMILES string of the molecule is Cc1cc(C)cc(-n2ncc3c(=O)n(CC(=O)N(CCC(N)=O)c4ccccc4)cnc32)c1. The standard InChI is InChI=1S/C24H24N6O3/c1-16-10-17(2)12-19(11-16)30-23-20(13-27-30)24(33)28(15-26-23)14-22(32)29(9-8-21(25)31)18-6-4-3-5-7-18/h3-7,10-13,15H,8-9,14H2,1-2H3,(H2,25,31). The van der Waals surface area contributed by atoms with E-state index in [1.807, 2.05) is 32.0 Å². The predicted molar refractivity (Wildman–Crippen MR) is 125 cm³/mol. The number of para-hydroxylation sites is 1. The molecule has 2 N–H and O–H groups in total. The number of benzene rings is 2. The van der Waals surface area contributed by atoms with Crippen LogP contribution in [0.1, 0.15) is 17.5 Å². The van der Waals surface area contributed by atoms with Crippen LogP contribution in [0.25, 0.3) is 16.7 Å². The number of rotatable bonds is 7. The van der Waals surface area contributed by atoms with E-state index in [1.165, 1.54) is 22.0 Å². The molecule has 9 heteroatoms. The van der Waals surface area contributed by atoms with Crippen LogP contribution in [0.3, 0.4) is 0 Å². The first-order valence-electron chi connectivity index (χ1n) is 10.5. The maximum Gasteiger partial charge on any atom is 0.264 e. The van der Waals surface area contributed by atoms with Crippen LogP contribution in [-0.4, -0.2) is 37.7 Å². The topological polar surface area (TPSA) is 116 Å². The number of amides is 2. The van der Waals surface area contributed by atoms with Crippen molar-refractivity contribution in [1.29, 1.82) is 0 Å². The molecule has 0 unspecified atom stereocenters. The number of anilines is 1. The maximum atomic E-state index is 13.1. The summed E-state index contributed by atoms with van der Waals surface area (Å²) in [5.41, 5.74) is 8.90. The summed E-state index contributed by atoms with van der Waals surface area (Å²) in [6.07, 6.45) is 2.82. The van der Waals surface area contributed by atoms with Gasteiger partial charge in [-0.1, -0.05) is 24.3 Å². The molecule has 0 bridgehead atoms. The molecule has 2 amide bonds.